The lowest BCUT2D eigenvalue weighted by atomic mass is 10.1. The van der Waals surface area contributed by atoms with Gasteiger partial charge < -0.3 is 19.7 Å². The van der Waals surface area contributed by atoms with E-state index in [9.17, 15) is 4.79 Å². The van der Waals surface area contributed by atoms with Crippen molar-refractivity contribution in [1.82, 2.24) is 10.3 Å². The van der Waals surface area contributed by atoms with Gasteiger partial charge in [-0.2, -0.15) is 0 Å². The van der Waals surface area contributed by atoms with E-state index in [1.165, 1.54) is 0 Å². The summed E-state index contributed by atoms with van der Waals surface area (Å²) in [7, 11) is 3.82. The molecular weight excluding hydrogens is 306 g/mol. The number of pyridine rings is 1. The Morgan fingerprint density at radius 1 is 1.17 bits per heavy atom. The molecule has 0 saturated heterocycles. The molecule has 2 aromatic rings. The summed E-state index contributed by atoms with van der Waals surface area (Å²) in [6.45, 7) is 3.04. The van der Waals surface area contributed by atoms with E-state index in [0.717, 1.165) is 22.9 Å². The molecule has 0 fully saturated rings. The van der Waals surface area contributed by atoms with Gasteiger partial charge in [-0.1, -0.05) is 6.07 Å². The van der Waals surface area contributed by atoms with Crippen molar-refractivity contribution >= 4 is 11.7 Å². The van der Waals surface area contributed by atoms with Gasteiger partial charge in [-0.05, 0) is 36.8 Å². The SMILES string of the molecule is CC(NC(=O)c1ccc(N(C)C)nc1)c1ccc2c(c1)OCCO2. The van der Waals surface area contributed by atoms with Crippen LogP contribution >= 0.6 is 0 Å². The third-order valence-electron chi connectivity index (χ3n) is 3.88. The lowest BCUT2D eigenvalue weighted by Gasteiger charge is -2.21. The highest BCUT2D eigenvalue weighted by Crippen LogP contribution is 2.32. The summed E-state index contributed by atoms with van der Waals surface area (Å²) in [5, 5.41) is 2.98. The maximum atomic E-state index is 12.4. The Morgan fingerprint density at radius 3 is 2.58 bits per heavy atom. The number of nitrogens with one attached hydrogen (secondary N) is 1. The number of carbonyl (C=O) groups excluding carboxylic acids is 1. The normalized spacial score (nSPS) is 14.0. The van der Waals surface area contributed by atoms with E-state index in [4.69, 9.17) is 9.47 Å². The first kappa shape index (κ1) is 16.1. The first-order chi connectivity index (χ1) is 11.5. The summed E-state index contributed by atoms with van der Waals surface area (Å²) in [6.07, 6.45) is 1.58. The molecule has 1 aliphatic heterocycles. The van der Waals surface area contributed by atoms with Crippen LogP contribution in [-0.2, 0) is 0 Å². The van der Waals surface area contributed by atoms with E-state index in [1.54, 1.807) is 12.3 Å². The maximum Gasteiger partial charge on any atom is 0.253 e. The second kappa shape index (κ2) is 6.78. The van der Waals surface area contributed by atoms with Gasteiger partial charge in [-0.15, -0.1) is 0 Å². The Kier molecular flexibility index (Phi) is 4.55. The largest absolute Gasteiger partial charge is 0.486 e. The summed E-state index contributed by atoms with van der Waals surface area (Å²) in [4.78, 5) is 18.5. The second-order valence-corrected chi connectivity index (χ2v) is 5.90. The predicted molar refractivity (Wildman–Crippen MR) is 91.9 cm³/mol. The van der Waals surface area contributed by atoms with Crippen LogP contribution in [0, 0.1) is 0 Å². The molecule has 24 heavy (non-hydrogen) atoms. The number of hydrogen-bond donors (Lipinski definition) is 1. The summed E-state index contributed by atoms with van der Waals surface area (Å²) in [6, 6.07) is 9.16. The summed E-state index contributed by atoms with van der Waals surface area (Å²) in [5.41, 5.74) is 1.50. The van der Waals surface area contributed by atoms with Gasteiger partial charge in [-0.25, -0.2) is 4.98 Å². The molecule has 0 radical (unpaired) electrons. The number of anilines is 1. The molecular formula is C18H21N3O3. The Bertz CT molecular complexity index is 729. The summed E-state index contributed by atoms with van der Waals surface area (Å²) < 4.78 is 11.1. The molecule has 6 heteroatoms. The van der Waals surface area contributed by atoms with Crippen LogP contribution in [-0.4, -0.2) is 38.2 Å². The van der Waals surface area contributed by atoms with Gasteiger partial charge in [0.25, 0.3) is 5.91 Å². The summed E-state index contributed by atoms with van der Waals surface area (Å²) >= 11 is 0. The minimum absolute atomic E-state index is 0.151. The molecule has 3 rings (SSSR count). The number of amides is 1. The lowest BCUT2D eigenvalue weighted by molar-refractivity contribution is 0.0939. The van der Waals surface area contributed by atoms with Gasteiger partial charge in [0.1, 0.15) is 19.0 Å². The molecule has 1 aliphatic rings. The molecule has 2 heterocycles. The van der Waals surface area contributed by atoms with E-state index < -0.39 is 0 Å². The van der Waals surface area contributed by atoms with Crippen LogP contribution in [0.2, 0.25) is 0 Å². The van der Waals surface area contributed by atoms with Crippen LogP contribution in [0.4, 0.5) is 5.82 Å². The standard InChI is InChI=1S/C18H21N3O3/c1-12(13-4-6-15-16(10-13)24-9-8-23-15)20-18(22)14-5-7-17(19-11-14)21(2)3/h4-7,10-12H,8-9H2,1-3H3,(H,20,22). The molecule has 0 aliphatic carbocycles. The fraction of sp³-hybridized carbons (Fsp3) is 0.333. The van der Waals surface area contributed by atoms with Gasteiger partial charge in [0.2, 0.25) is 0 Å². The third kappa shape index (κ3) is 3.42. The number of hydrogen-bond acceptors (Lipinski definition) is 5. The zero-order valence-electron chi connectivity index (χ0n) is 14.1. The minimum atomic E-state index is -0.157. The minimum Gasteiger partial charge on any atom is -0.486 e. The predicted octanol–water partition coefficient (Wildman–Crippen LogP) is 2.41. The monoisotopic (exact) mass is 327 g/mol. The zero-order chi connectivity index (χ0) is 17.1. The molecule has 1 aromatic heterocycles. The van der Waals surface area contributed by atoms with Crippen LogP contribution in [0.25, 0.3) is 0 Å². The highest BCUT2D eigenvalue weighted by Gasteiger charge is 2.16. The topological polar surface area (TPSA) is 63.7 Å². The maximum absolute atomic E-state index is 12.4. The first-order valence-electron chi connectivity index (χ1n) is 7.88. The smallest absolute Gasteiger partial charge is 0.253 e. The number of fused-ring (bicyclic) bond motifs is 1. The van der Waals surface area contributed by atoms with Gasteiger partial charge in [0, 0.05) is 20.3 Å². The van der Waals surface area contributed by atoms with Crippen LogP contribution < -0.4 is 19.7 Å². The van der Waals surface area contributed by atoms with Crippen LogP contribution in [0.15, 0.2) is 36.5 Å². The van der Waals surface area contributed by atoms with E-state index >= 15 is 0 Å². The quantitative estimate of drug-likeness (QED) is 0.934. The molecule has 0 spiro atoms. The van der Waals surface area contributed by atoms with Crippen molar-refractivity contribution in [3.63, 3.8) is 0 Å². The van der Waals surface area contributed by atoms with E-state index in [0.29, 0.717) is 18.8 Å². The Morgan fingerprint density at radius 2 is 1.92 bits per heavy atom. The van der Waals surface area contributed by atoms with E-state index in [1.807, 2.05) is 50.2 Å². The fourth-order valence-electron chi connectivity index (χ4n) is 2.48. The molecule has 1 atom stereocenters. The van der Waals surface area contributed by atoms with Crippen LogP contribution in [0.5, 0.6) is 11.5 Å². The van der Waals surface area contributed by atoms with Crippen molar-refractivity contribution in [2.45, 2.75) is 13.0 Å². The fourth-order valence-corrected chi connectivity index (χ4v) is 2.48. The Labute approximate surface area is 141 Å². The highest BCUT2D eigenvalue weighted by atomic mass is 16.6. The Balaban J connectivity index is 1.69. The number of aromatic nitrogens is 1. The number of benzene rings is 1. The Hall–Kier alpha value is -2.76. The molecule has 126 valence electrons. The molecule has 6 nitrogen and oxygen atoms in total. The van der Waals surface area contributed by atoms with Crippen molar-refractivity contribution in [2.24, 2.45) is 0 Å². The molecule has 1 amide bonds. The van der Waals surface area contributed by atoms with Crippen molar-refractivity contribution in [1.29, 1.82) is 0 Å². The highest BCUT2D eigenvalue weighted by molar-refractivity contribution is 5.94. The van der Waals surface area contributed by atoms with Crippen LogP contribution in [0.1, 0.15) is 28.9 Å². The van der Waals surface area contributed by atoms with Gasteiger partial charge in [0.05, 0.1) is 11.6 Å². The van der Waals surface area contributed by atoms with Crippen molar-refractivity contribution in [2.75, 3.05) is 32.2 Å². The van der Waals surface area contributed by atoms with Crippen molar-refractivity contribution in [3.05, 3.63) is 47.7 Å². The zero-order valence-corrected chi connectivity index (χ0v) is 14.1. The van der Waals surface area contributed by atoms with E-state index in [2.05, 4.69) is 10.3 Å². The average Bonchev–Trinajstić information content (AvgIpc) is 2.61. The van der Waals surface area contributed by atoms with Crippen molar-refractivity contribution < 1.29 is 14.3 Å². The number of nitrogens with zero attached hydrogens (tertiary/aromatic N) is 2. The van der Waals surface area contributed by atoms with Gasteiger partial charge in [-0.3, -0.25) is 4.79 Å². The van der Waals surface area contributed by atoms with E-state index in [-0.39, 0.29) is 11.9 Å². The molecule has 1 N–H and O–H groups in total. The van der Waals surface area contributed by atoms with Crippen LogP contribution in [0.3, 0.4) is 0 Å². The summed E-state index contributed by atoms with van der Waals surface area (Å²) in [5.74, 6) is 2.12. The molecule has 1 unspecified atom stereocenters. The number of carbonyl (C=O) groups is 1. The number of rotatable bonds is 4. The number of ether oxygens (including phenoxy) is 2. The van der Waals surface area contributed by atoms with Gasteiger partial charge in [0.15, 0.2) is 11.5 Å². The second-order valence-electron chi connectivity index (χ2n) is 5.90. The van der Waals surface area contributed by atoms with Crippen molar-refractivity contribution in [3.8, 4) is 11.5 Å². The molecule has 0 bridgehead atoms. The van der Waals surface area contributed by atoms with Gasteiger partial charge >= 0.3 is 0 Å². The average molecular weight is 327 g/mol. The first-order valence-corrected chi connectivity index (χ1v) is 7.88. The molecule has 1 aromatic carbocycles. The molecule has 0 saturated carbocycles. The lowest BCUT2D eigenvalue weighted by Crippen LogP contribution is -2.27. The third-order valence-corrected chi connectivity index (χ3v) is 3.88.